The molecule has 0 radical (unpaired) electrons. The highest BCUT2D eigenvalue weighted by molar-refractivity contribution is 7.09. The first-order valence-corrected chi connectivity index (χ1v) is 8.21. The summed E-state index contributed by atoms with van der Waals surface area (Å²) in [6.45, 7) is 1.92. The minimum Gasteiger partial charge on any atom is -0.347 e. The topological polar surface area (TPSA) is 52.7 Å². The van der Waals surface area contributed by atoms with Crippen molar-refractivity contribution in [2.45, 2.75) is 25.3 Å². The average Bonchev–Trinajstić information content (AvgIpc) is 2.99. The third-order valence-corrected chi connectivity index (χ3v) is 4.62. The molecule has 1 N–H and O–H groups in total. The number of hydrogen-bond donors (Lipinski definition) is 1. The van der Waals surface area contributed by atoms with Crippen LogP contribution in [0.25, 0.3) is 0 Å². The lowest BCUT2D eigenvalue weighted by Gasteiger charge is -2.36. The third kappa shape index (κ3) is 4.28. The molecular formula is C15H23N3O2S. The molecule has 5 nitrogen and oxygen atoms in total. The predicted octanol–water partition coefficient (Wildman–Crippen LogP) is 0.959. The minimum atomic E-state index is -0.358. The van der Waals surface area contributed by atoms with E-state index in [4.69, 9.17) is 0 Å². The molecule has 0 aromatic carbocycles. The Bertz CT molecular complexity index is 473. The number of nitrogens with zero attached hydrogens (tertiary/aromatic N) is 2. The fourth-order valence-corrected chi connectivity index (χ4v) is 3.29. The van der Waals surface area contributed by atoms with Gasteiger partial charge in [-0.3, -0.25) is 9.59 Å². The molecule has 6 heteroatoms. The Kier molecular flexibility index (Phi) is 5.76. The number of carbonyl (C=O) groups excluding carboxylic acids is 2. The molecule has 0 bridgehead atoms. The van der Waals surface area contributed by atoms with E-state index in [-0.39, 0.29) is 17.9 Å². The van der Waals surface area contributed by atoms with Crippen LogP contribution in [-0.2, 0) is 16.0 Å². The van der Waals surface area contributed by atoms with E-state index in [1.165, 1.54) is 4.88 Å². The van der Waals surface area contributed by atoms with Crippen molar-refractivity contribution in [3.63, 3.8) is 0 Å². The zero-order valence-corrected chi connectivity index (χ0v) is 13.5. The molecule has 1 fully saturated rings. The molecule has 0 spiro atoms. The van der Waals surface area contributed by atoms with Crippen LogP contribution < -0.4 is 5.32 Å². The van der Waals surface area contributed by atoms with E-state index in [0.29, 0.717) is 19.5 Å². The van der Waals surface area contributed by atoms with E-state index in [9.17, 15) is 9.59 Å². The monoisotopic (exact) mass is 309 g/mol. The van der Waals surface area contributed by atoms with Crippen molar-refractivity contribution in [3.8, 4) is 0 Å². The van der Waals surface area contributed by atoms with Gasteiger partial charge < -0.3 is 15.1 Å². The Balaban J connectivity index is 1.87. The van der Waals surface area contributed by atoms with E-state index in [0.717, 1.165) is 19.4 Å². The van der Waals surface area contributed by atoms with Gasteiger partial charge >= 0.3 is 0 Å². The lowest BCUT2D eigenvalue weighted by molar-refractivity contribution is -0.145. The van der Waals surface area contributed by atoms with Crippen molar-refractivity contribution in [1.82, 2.24) is 15.1 Å². The fraction of sp³-hybridized carbons (Fsp3) is 0.600. The first kappa shape index (κ1) is 16.0. The SMILES string of the molecule is CN(C)C(=O)C1CNCCN1C(=O)CCCc1cccs1. The first-order valence-electron chi connectivity index (χ1n) is 7.33. The van der Waals surface area contributed by atoms with E-state index < -0.39 is 0 Å². The second-order valence-electron chi connectivity index (χ2n) is 5.47. The molecule has 0 saturated carbocycles. The van der Waals surface area contributed by atoms with Gasteiger partial charge in [0.2, 0.25) is 11.8 Å². The number of hydrogen-bond acceptors (Lipinski definition) is 4. The summed E-state index contributed by atoms with van der Waals surface area (Å²) in [4.78, 5) is 29.2. The summed E-state index contributed by atoms with van der Waals surface area (Å²) in [6.07, 6.45) is 2.28. The molecule has 1 aliphatic heterocycles. The highest BCUT2D eigenvalue weighted by Gasteiger charge is 2.32. The van der Waals surface area contributed by atoms with Crippen LogP contribution in [0.3, 0.4) is 0 Å². The summed E-state index contributed by atoms with van der Waals surface area (Å²) in [6, 6.07) is 3.77. The van der Waals surface area contributed by atoms with Crippen LogP contribution >= 0.6 is 11.3 Å². The van der Waals surface area contributed by atoms with Crippen molar-refractivity contribution in [3.05, 3.63) is 22.4 Å². The number of piperazine rings is 1. The molecule has 1 saturated heterocycles. The van der Waals surface area contributed by atoms with Gasteiger partial charge in [-0.15, -0.1) is 11.3 Å². The Hall–Kier alpha value is -1.40. The molecule has 1 aromatic rings. The van der Waals surface area contributed by atoms with Crippen molar-refractivity contribution < 1.29 is 9.59 Å². The van der Waals surface area contributed by atoms with E-state index in [2.05, 4.69) is 16.8 Å². The molecule has 1 atom stereocenters. The predicted molar refractivity (Wildman–Crippen MR) is 84.3 cm³/mol. The minimum absolute atomic E-state index is 0.00573. The molecule has 116 valence electrons. The second-order valence-corrected chi connectivity index (χ2v) is 6.50. The van der Waals surface area contributed by atoms with E-state index >= 15 is 0 Å². The zero-order chi connectivity index (χ0) is 15.2. The highest BCUT2D eigenvalue weighted by Crippen LogP contribution is 2.14. The number of thiophene rings is 1. The first-order chi connectivity index (χ1) is 10.1. The van der Waals surface area contributed by atoms with E-state index in [1.54, 1.807) is 35.2 Å². The molecular weight excluding hydrogens is 286 g/mol. The summed E-state index contributed by atoms with van der Waals surface area (Å²) in [7, 11) is 3.47. The van der Waals surface area contributed by atoms with Gasteiger partial charge in [0, 0.05) is 45.0 Å². The quantitative estimate of drug-likeness (QED) is 0.881. The summed E-state index contributed by atoms with van der Waals surface area (Å²) in [5.41, 5.74) is 0. The van der Waals surface area contributed by atoms with Gasteiger partial charge in [-0.1, -0.05) is 6.07 Å². The summed E-state index contributed by atoms with van der Waals surface area (Å²) < 4.78 is 0. The van der Waals surface area contributed by atoms with Gasteiger partial charge in [-0.2, -0.15) is 0 Å². The van der Waals surface area contributed by atoms with Gasteiger partial charge in [-0.05, 0) is 24.3 Å². The van der Waals surface area contributed by atoms with Gasteiger partial charge in [0.25, 0.3) is 0 Å². The number of nitrogens with one attached hydrogen (secondary N) is 1. The Morgan fingerprint density at radius 2 is 2.29 bits per heavy atom. The largest absolute Gasteiger partial charge is 0.347 e. The van der Waals surface area contributed by atoms with Crippen LogP contribution in [0.1, 0.15) is 17.7 Å². The second kappa shape index (κ2) is 7.56. The van der Waals surface area contributed by atoms with Gasteiger partial charge in [0.15, 0.2) is 0 Å². The van der Waals surface area contributed by atoms with Crippen molar-refractivity contribution in [1.29, 1.82) is 0 Å². The molecule has 1 aliphatic rings. The smallest absolute Gasteiger partial charge is 0.246 e. The Morgan fingerprint density at radius 3 is 2.95 bits per heavy atom. The standard InChI is InChI=1S/C15H23N3O2S/c1-17(2)15(20)13-11-16-8-9-18(13)14(19)7-3-5-12-6-4-10-21-12/h4,6,10,13,16H,3,5,7-9,11H2,1-2H3. The lowest BCUT2D eigenvalue weighted by Crippen LogP contribution is -2.59. The van der Waals surface area contributed by atoms with Crippen molar-refractivity contribution >= 4 is 23.2 Å². The number of rotatable bonds is 5. The van der Waals surface area contributed by atoms with Crippen LogP contribution in [-0.4, -0.2) is 61.4 Å². The Labute approximate surface area is 129 Å². The number of likely N-dealkylation sites (N-methyl/N-ethyl adjacent to an activating group) is 1. The van der Waals surface area contributed by atoms with Gasteiger partial charge in [0.1, 0.15) is 6.04 Å². The van der Waals surface area contributed by atoms with Crippen molar-refractivity contribution in [2.24, 2.45) is 0 Å². The van der Waals surface area contributed by atoms with Gasteiger partial charge in [0.05, 0.1) is 0 Å². The molecule has 1 aromatic heterocycles. The molecule has 2 amide bonds. The summed E-state index contributed by atoms with van der Waals surface area (Å²) >= 11 is 1.72. The summed E-state index contributed by atoms with van der Waals surface area (Å²) in [5.74, 6) is 0.0852. The van der Waals surface area contributed by atoms with Crippen LogP contribution in [0, 0.1) is 0 Å². The maximum absolute atomic E-state index is 12.4. The number of amides is 2. The fourth-order valence-electron chi connectivity index (χ4n) is 2.53. The normalized spacial score (nSPS) is 18.6. The summed E-state index contributed by atoms with van der Waals surface area (Å²) in [5, 5.41) is 5.25. The molecule has 0 aliphatic carbocycles. The number of aryl methyl sites for hydroxylation is 1. The molecule has 1 unspecified atom stereocenters. The van der Waals surface area contributed by atoms with Crippen LogP contribution in [0.15, 0.2) is 17.5 Å². The highest BCUT2D eigenvalue weighted by atomic mass is 32.1. The van der Waals surface area contributed by atoms with Gasteiger partial charge in [-0.25, -0.2) is 0 Å². The van der Waals surface area contributed by atoms with Crippen molar-refractivity contribution in [2.75, 3.05) is 33.7 Å². The van der Waals surface area contributed by atoms with Crippen LogP contribution in [0.4, 0.5) is 0 Å². The molecule has 2 heterocycles. The lowest BCUT2D eigenvalue weighted by atomic mass is 10.1. The zero-order valence-electron chi connectivity index (χ0n) is 12.7. The maximum Gasteiger partial charge on any atom is 0.246 e. The van der Waals surface area contributed by atoms with E-state index in [1.807, 2.05) is 6.07 Å². The third-order valence-electron chi connectivity index (χ3n) is 3.68. The van der Waals surface area contributed by atoms with Crippen LogP contribution in [0.5, 0.6) is 0 Å². The van der Waals surface area contributed by atoms with Crippen LogP contribution in [0.2, 0.25) is 0 Å². The number of carbonyl (C=O) groups is 2. The Morgan fingerprint density at radius 1 is 1.48 bits per heavy atom. The average molecular weight is 309 g/mol. The molecule has 2 rings (SSSR count). The maximum atomic E-state index is 12.4. The molecule has 21 heavy (non-hydrogen) atoms.